The molecule has 0 unspecified atom stereocenters. The van der Waals surface area contributed by atoms with Crippen molar-refractivity contribution in [3.05, 3.63) is 39.9 Å². The number of esters is 2. The Morgan fingerprint density at radius 3 is 2.10 bits per heavy atom. The predicted octanol–water partition coefficient (Wildman–Crippen LogP) is 5.53. The normalized spacial score (nSPS) is 10.6. The van der Waals surface area contributed by atoms with Gasteiger partial charge in [-0.1, -0.05) is 64.0 Å². The van der Waals surface area contributed by atoms with Crippen LogP contribution in [0.3, 0.4) is 0 Å². The van der Waals surface area contributed by atoms with Crippen LogP contribution >= 0.6 is 0 Å². The minimum absolute atomic E-state index is 0.0179. The molecule has 0 N–H and O–H groups in total. The third-order valence-corrected chi connectivity index (χ3v) is 4.80. The van der Waals surface area contributed by atoms with Crippen LogP contribution in [0, 0.1) is 10.1 Å². The van der Waals surface area contributed by atoms with Crippen molar-refractivity contribution in [3.8, 4) is 0 Å². The number of hydrogen-bond acceptors (Lipinski definition) is 6. The molecule has 0 aliphatic carbocycles. The maximum absolute atomic E-state index is 11.7. The average Bonchev–Trinajstić information content (AvgIpc) is 2.72. The van der Waals surface area contributed by atoms with Crippen LogP contribution in [-0.2, 0) is 25.5 Å². The molecule has 0 aliphatic rings. The highest BCUT2D eigenvalue weighted by Gasteiger charge is 2.09. The second-order valence-corrected chi connectivity index (χ2v) is 7.45. The summed E-state index contributed by atoms with van der Waals surface area (Å²) in [4.78, 5) is 33.7. The molecular formula is C23H35NO6. The number of unbranched alkanes of at least 4 members (excludes halogenated alkanes) is 7. The van der Waals surface area contributed by atoms with E-state index in [0.717, 1.165) is 18.4 Å². The number of ether oxygens (including phenoxy) is 2. The minimum atomic E-state index is -0.455. The van der Waals surface area contributed by atoms with E-state index in [1.54, 1.807) is 12.1 Å². The Balaban J connectivity index is 2.00. The van der Waals surface area contributed by atoms with Gasteiger partial charge in [0.1, 0.15) is 0 Å². The molecule has 1 aromatic carbocycles. The highest BCUT2D eigenvalue weighted by Crippen LogP contribution is 2.13. The number of benzene rings is 1. The zero-order valence-electron chi connectivity index (χ0n) is 18.1. The molecule has 30 heavy (non-hydrogen) atoms. The molecular weight excluding hydrogens is 386 g/mol. The van der Waals surface area contributed by atoms with Gasteiger partial charge in [0.2, 0.25) is 0 Å². The van der Waals surface area contributed by atoms with Gasteiger partial charge in [-0.2, -0.15) is 0 Å². The number of carbonyl (C=O) groups excluding carboxylic acids is 2. The number of rotatable bonds is 17. The van der Waals surface area contributed by atoms with Crippen LogP contribution in [0.15, 0.2) is 24.3 Å². The first-order chi connectivity index (χ1) is 14.5. The molecule has 0 fully saturated rings. The zero-order chi connectivity index (χ0) is 22.0. The molecule has 0 atom stereocenters. The molecule has 168 valence electrons. The molecule has 0 heterocycles. The van der Waals surface area contributed by atoms with E-state index < -0.39 is 4.92 Å². The Morgan fingerprint density at radius 1 is 0.867 bits per heavy atom. The maximum atomic E-state index is 11.7. The molecule has 1 aromatic rings. The molecule has 0 aliphatic heterocycles. The SMILES string of the molecule is CCCCCCCCCCOC(=O)CCCC(=O)OCCc1cccc([N+](=O)[O-])c1. The lowest BCUT2D eigenvalue weighted by atomic mass is 10.1. The molecule has 1 rings (SSSR count). The standard InChI is InChI=1S/C23H35NO6/c1-2-3-4-5-6-7-8-9-17-29-22(25)14-11-15-23(26)30-18-16-20-12-10-13-21(19-20)24(27)28/h10,12-13,19H,2-9,11,14-18H2,1H3. The van der Waals surface area contributed by atoms with Crippen molar-refractivity contribution in [3.63, 3.8) is 0 Å². The number of nitrogens with zero attached hydrogens (tertiary/aromatic N) is 1. The summed E-state index contributed by atoms with van der Waals surface area (Å²) in [7, 11) is 0. The topological polar surface area (TPSA) is 95.7 Å². The van der Waals surface area contributed by atoms with E-state index in [2.05, 4.69) is 6.92 Å². The summed E-state index contributed by atoms with van der Waals surface area (Å²) in [5.41, 5.74) is 0.755. The maximum Gasteiger partial charge on any atom is 0.305 e. The smallest absolute Gasteiger partial charge is 0.305 e. The fourth-order valence-corrected chi connectivity index (χ4v) is 3.05. The zero-order valence-corrected chi connectivity index (χ0v) is 18.1. The number of hydrogen-bond donors (Lipinski definition) is 0. The Kier molecular flexibility index (Phi) is 14.0. The Hall–Kier alpha value is -2.44. The molecule has 0 bridgehead atoms. The van der Waals surface area contributed by atoms with Gasteiger partial charge in [-0.05, 0) is 18.4 Å². The van der Waals surface area contributed by atoms with Crippen LogP contribution in [-0.4, -0.2) is 30.1 Å². The molecule has 0 saturated carbocycles. The lowest BCUT2D eigenvalue weighted by molar-refractivity contribution is -0.384. The summed E-state index contributed by atoms with van der Waals surface area (Å²) in [6.07, 6.45) is 10.7. The van der Waals surface area contributed by atoms with Crippen molar-refractivity contribution in [2.45, 2.75) is 84.0 Å². The van der Waals surface area contributed by atoms with Gasteiger partial charge in [0.25, 0.3) is 5.69 Å². The fourth-order valence-electron chi connectivity index (χ4n) is 3.05. The van der Waals surface area contributed by atoms with Crippen molar-refractivity contribution in [1.82, 2.24) is 0 Å². The molecule has 0 amide bonds. The lowest BCUT2D eigenvalue weighted by Gasteiger charge is -2.06. The van der Waals surface area contributed by atoms with Crippen molar-refractivity contribution in [1.29, 1.82) is 0 Å². The molecule has 0 aromatic heterocycles. The molecule has 0 spiro atoms. The molecule has 0 saturated heterocycles. The van der Waals surface area contributed by atoms with E-state index in [1.807, 2.05) is 0 Å². The predicted molar refractivity (Wildman–Crippen MR) is 115 cm³/mol. The van der Waals surface area contributed by atoms with Gasteiger partial charge in [-0.25, -0.2) is 0 Å². The molecule has 7 heteroatoms. The Morgan fingerprint density at radius 2 is 1.47 bits per heavy atom. The van der Waals surface area contributed by atoms with Crippen LogP contribution < -0.4 is 0 Å². The van der Waals surface area contributed by atoms with Crippen molar-refractivity contribution in [2.24, 2.45) is 0 Å². The minimum Gasteiger partial charge on any atom is -0.466 e. The third kappa shape index (κ3) is 12.9. The van der Waals surface area contributed by atoms with Crippen molar-refractivity contribution < 1.29 is 24.0 Å². The van der Waals surface area contributed by atoms with Gasteiger partial charge in [0.15, 0.2) is 0 Å². The second kappa shape index (κ2) is 16.4. The summed E-state index contributed by atoms with van der Waals surface area (Å²) in [6.45, 7) is 2.81. The van der Waals surface area contributed by atoms with Gasteiger partial charge < -0.3 is 9.47 Å². The Bertz CT molecular complexity index is 646. The van der Waals surface area contributed by atoms with Crippen LogP contribution in [0.2, 0.25) is 0 Å². The van der Waals surface area contributed by atoms with Gasteiger partial charge in [-0.15, -0.1) is 0 Å². The summed E-state index contributed by atoms with van der Waals surface area (Å²) < 4.78 is 10.3. The molecule has 7 nitrogen and oxygen atoms in total. The number of carbonyl (C=O) groups is 2. The molecule has 0 radical (unpaired) electrons. The van der Waals surface area contributed by atoms with Crippen LogP contribution in [0.25, 0.3) is 0 Å². The van der Waals surface area contributed by atoms with E-state index in [0.29, 0.717) is 19.4 Å². The number of non-ortho nitro benzene ring substituents is 1. The number of nitro benzene ring substituents is 1. The largest absolute Gasteiger partial charge is 0.466 e. The summed E-state index contributed by atoms with van der Waals surface area (Å²) in [5, 5.41) is 10.7. The van der Waals surface area contributed by atoms with Crippen LogP contribution in [0.1, 0.15) is 83.1 Å². The highest BCUT2D eigenvalue weighted by molar-refractivity contribution is 5.72. The van der Waals surface area contributed by atoms with Gasteiger partial charge >= 0.3 is 11.9 Å². The van der Waals surface area contributed by atoms with Crippen molar-refractivity contribution in [2.75, 3.05) is 13.2 Å². The van der Waals surface area contributed by atoms with Crippen LogP contribution in [0.4, 0.5) is 5.69 Å². The number of nitro groups is 1. The summed E-state index contributed by atoms with van der Waals surface area (Å²) in [6, 6.07) is 6.25. The average molecular weight is 422 g/mol. The van der Waals surface area contributed by atoms with Crippen molar-refractivity contribution >= 4 is 17.6 Å². The van der Waals surface area contributed by atoms with E-state index in [1.165, 1.54) is 50.7 Å². The quantitative estimate of drug-likeness (QED) is 0.142. The van der Waals surface area contributed by atoms with Gasteiger partial charge in [-0.3, -0.25) is 19.7 Å². The highest BCUT2D eigenvalue weighted by atomic mass is 16.6. The Labute approximate surface area is 179 Å². The van der Waals surface area contributed by atoms with E-state index in [4.69, 9.17) is 9.47 Å². The first kappa shape index (κ1) is 25.6. The monoisotopic (exact) mass is 421 g/mol. The van der Waals surface area contributed by atoms with E-state index in [-0.39, 0.29) is 37.1 Å². The third-order valence-electron chi connectivity index (χ3n) is 4.80. The summed E-state index contributed by atoms with van der Waals surface area (Å²) in [5.74, 6) is -0.654. The van der Waals surface area contributed by atoms with E-state index >= 15 is 0 Å². The van der Waals surface area contributed by atoms with E-state index in [9.17, 15) is 19.7 Å². The fraction of sp³-hybridized carbons (Fsp3) is 0.652. The first-order valence-corrected chi connectivity index (χ1v) is 11.1. The first-order valence-electron chi connectivity index (χ1n) is 11.1. The van der Waals surface area contributed by atoms with Gasteiger partial charge in [0.05, 0.1) is 18.1 Å². The van der Waals surface area contributed by atoms with Crippen LogP contribution in [0.5, 0.6) is 0 Å². The second-order valence-electron chi connectivity index (χ2n) is 7.45. The van der Waals surface area contributed by atoms with Gasteiger partial charge in [0, 0.05) is 31.4 Å². The summed E-state index contributed by atoms with van der Waals surface area (Å²) >= 11 is 0. The lowest BCUT2D eigenvalue weighted by Crippen LogP contribution is -2.10.